The molecule has 0 N–H and O–H groups in total. The summed E-state index contributed by atoms with van der Waals surface area (Å²) in [5.74, 6) is 0. The number of rotatable bonds is 3. The lowest BCUT2D eigenvalue weighted by atomic mass is 10.2. The zero-order chi connectivity index (χ0) is 10.8. The van der Waals surface area contributed by atoms with Gasteiger partial charge in [-0.2, -0.15) is 0 Å². The lowest BCUT2D eigenvalue weighted by Crippen LogP contribution is -2.00. The van der Waals surface area contributed by atoms with Crippen LogP contribution in [0, 0.1) is 17.0 Å². The molecule has 0 aliphatic rings. The van der Waals surface area contributed by atoms with Crippen LogP contribution in [0.4, 0.5) is 0 Å². The third kappa shape index (κ3) is 2.57. The van der Waals surface area contributed by atoms with Crippen molar-refractivity contribution in [2.24, 2.45) is 0 Å². The van der Waals surface area contributed by atoms with E-state index in [-0.39, 0.29) is 5.56 Å². The molecule has 0 heterocycles. The molecule has 64 valence electrons. The minimum absolute atomic E-state index is 0.125. The molecule has 0 aliphatic heterocycles. The molecule has 0 saturated heterocycles. The van der Waals surface area contributed by atoms with Gasteiger partial charge in [0, 0.05) is 0 Å². The Morgan fingerprint density at radius 1 is 1.58 bits per heavy atom. The zero-order valence-corrected chi connectivity index (χ0v) is 6.48. The van der Waals surface area contributed by atoms with Gasteiger partial charge >= 0.3 is 0 Å². The van der Waals surface area contributed by atoms with Crippen molar-refractivity contribution in [3.63, 3.8) is 0 Å². The second-order valence-corrected chi connectivity index (χ2v) is 2.28. The minimum Gasteiger partial charge on any atom is -0.309 e. The van der Waals surface area contributed by atoms with E-state index in [1.807, 2.05) is 6.92 Å². The molecular formula is C8H9NO3. The molecule has 1 rings (SSSR count). The van der Waals surface area contributed by atoms with Crippen LogP contribution in [0.3, 0.4) is 0 Å². The smallest absolute Gasteiger partial charge is 0.294 e. The van der Waals surface area contributed by atoms with Crippen LogP contribution in [0.1, 0.15) is 13.9 Å². The monoisotopic (exact) mass is 169 g/mol. The van der Waals surface area contributed by atoms with Gasteiger partial charge in [-0.15, -0.1) is 10.1 Å². The fraction of sp³-hybridized carbons (Fsp3) is 0.250. The number of hydrogen-bond acceptors (Lipinski definition) is 3. The molecule has 0 radical (unpaired) electrons. The molecule has 0 fully saturated rings. The van der Waals surface area contributed by atoms with Gasteiger partial charge in [-0.05, 0) is 12.5 Å². The van der Waals surface area contributed by atoms with E-state index in [9.17, 15) is 10.1 Å². The number of hydrogen-bond donors (Lipinski definition) is 0. The summed E-state index contributed by atoms with van der Waals surface area (Å²) >= 11 is 0. The summed E-state index contributed by atoms with van der Waals surface area (Å²) in [5.41, 5.74) is 1.07. The fourth-order valence-electron chi connectivity index (χ4n) is 0.712. The Morgan fingerprint density at radius 3 is 2.67 bits per heavy atom. The first kappa shape index (κ1) is 5.99. The van der Waals surface area contributed by atoms with Gasteiger partial charge in [0.25, 0.3) is 5.09 Å². The highest BCUT2D eigenvalue weighted by molar-refractivity contribution is 5.20. The molecule has 12 heavy (non-hydrogen) atoms. The van der Waals surface area contributed by atoms with Crippen molar-refractivity contribution in [3.8, 4) is 0 Å². The normalized spacial score (nSPS) is 13.1. The van der Waals surface area contributed by atoms with Crippen LogP contribution >= 0.6 is 0 Å². The van der Waals surface area contributed by atoms with Crippen molar-refractivity contribution in [2.75, 3.05) is 0 Å². The summed E-state index contributed by atoms with van der Waals surface area (Å²) in [7, 11) is 0. The summed E-state index contributed by atoms with van der Waals surface area (Å²) in [6.07, 6.45) is 0. The van der Waals surface area contributed by atoms with E-state index < -0.39 is 11.6 Å². The summed E-state index contributed by atoms with van der Waals surface area (Å²) in [5, 5.41) is 8.86. The molecule has 1 aromatic rings. The van der Waals surface area contributed by atoms with Crippen LogP contribution in [-0.2, 0) is 11.4 Å². The van der Waals surface area contributed by atoms with Gasteiger partial charge in [-0.25, -0.2) is 0 Å². The van der Waals surface area contributed by atoms with E-state index in [4.69, 9.17) is 2.74 Å². The number of nitrogens with zero attached hydrogens (tertiary/aromatic N) is 1. The third-order valence-electron chi connectivity index (χ3n) is 1.29. The van der Waals surface area contributed by atoms with Crippen LogP contribution in [0.25, 0.3) is 0 Å². The largest absolute Gasteiger partial charge is 0.309 e. The first-order chi connectivity index (χ1) is 6.42. The maximum atomic E-state index is 10.00. The lowest BCUT2D eigenvalue weighted by molar-refractivity contribution is -0.763. The predicted octanol–water partition coefficient (Wildman–Crippen LogP) is 1.70. The number of aryl methyl sites for hydroxylation is 1. The van der Waals surface area contributed by atoms with E-state index in [2.05, 4.69) is 4.84 Å². The van der Waals surface area contributed by atoms with Gasteiger partial charge in [0.05, 0.1) is 2.74 Å². The van der Waals surface area contributed by atoms with Gasteiger partial charge in [-0.3, -0.25) is 0 Å². The molecule has 0 atom stereocenters. The first-order valence-corrected chi connectivity index (χ1v) is 3.32. The highest BCUT2D eigenvalue weighted by Gasteiger charge is 1.96. The van der Waals surface area contributed by atoms with Gasteiger partial charge in [0.15, 0.2) is 0 Å². The van der Waals surface area contributed by atoms with Crippen molar-refractivity contribution in [1.82, 2.24) is 0 Å². The molecule has 0 aromatic heterocycles. The predicted molar refractivity (Wildman–Crippen MR) is 43.0 cm³/mol. The Balaban J connectivity index is 2.91. The van der Waals surface area contributed by atoms with E-state index in [1.54, 1.807) is 12.1 Å². The summed E-state index contributed by atoms with van der Waals surface area (Å²) in [6.45, 7) is -0.551. The topological polar surface area (TPSA) is 52.4 Å². The molecular weight excluding hydrogens is 158 g/mol. The fourth-order valence-corrected chi connectivity index (χ4v) is 0.712. The summed E-state index contributed by atoms with van der Waals surface area (Å²) in [6, 6.07) is 6.24. The van der Waals surface area contributed by atoms with Gasteiger partial charge in [-0.1, -0.05) is 29.8 Å². The minimum atomic E-state index is -2.39. The van der Waals surface area contributed by atoms with Gasteiger partial charge < -0.3 is 4.84 Å². The van der Waals surface area contributed by atoms with E-state index >= 15 is 0 Å². The average molecular weight is 169 g/mol. The molecule has 0 aliphatic carbocycles. The Morgan fingerprint density at radius 2 is 2.17 bits per heavy atom. The highest BCUT2D eigenvalue weighted by Crippen LogP contribution is 2.03. The molecule has 0 spiro atoms. The van der Waals surface area contributed by atoms with Crippen LogP contribution < -0.4 is 0 Å². The molecule has 4 nitrogen and oxygen atoms in total. The Hall–Kier alpha value is -1.58. The molecule has 0 bridgehead atoms. The third-order valence-corrected chi connectivity index (χ3v) is 1.29. The SMILES string of the molecule is [2H]C([2H])(O[N+](=O)[O-])c1ccc(C)cc1. The number of benzene rings is 1. The Labute approximate surface area is 72.7 Å². The Kier molecular flexibility index (Phi) is 1.85. The zero-order valence-electron chi connectivity index (χ0n) is 8.48. The summed E-state index contributed by atoms with van der Waals surface area (Å²) < 4.78 is 14.5. The molecule has 0 unspecified atom stereocenters. The van der Waals surface area contributed by atoms with Crippen molar-refractivity contribution < 1.29 is 12.7 Å². The molecule has 0 amide bonds. The van der Waals surface area contributed by atoms with Crippen molar-refractivity contribution >= 4 is 0 Å². The molecule has 4 heteroatoms. The van der Waals surface area contributed by atoms with Crippen LogP contribution in [0.5, 0.6) is 0 Å². The second kappa shape index (κ2) is 3.71. The van der Waals surface area contributed by atoms with E-state index in [1.165, 1.54) is 12.1 Å². The van der Waals surface area contributed by atoms with Crippen LogP contribution in [0.15, 0.2) is 24.3 Å². The first-order valence-electron chi connectivity index (χ1n) is 4.32. The van der Waals surface area contributed by atoms with E-state index in [0.717, 1.165) is 5.56 Å². The second-order valence-electron chi connectivity index (χ2n) is 2.28. The maximum Gasteiger partial charge on any atom is 0.294 e. The maximum absolute atomic E-state index is 10.00. The quantitative estimate of drug-likeness (QED) is 0.511. The van der Waals surface area contributed by atoms with Crippen LogP contribution in [-0.4, -0.2) is 5.09 Å². The summed E-state index contributed by atoms with van der Waals surface area (Å²) in [4.78, 5) is 13.9. The lowest BCUT2D eigenvalue weighted by Gasteiger charge is -1.98. The van der Waals surface area contributed by atoms with Gasteiger partial charge in [0.1, 0.15) is 6.56 Å². The van der Waals surface area contributed by atoms with Crippen molar-refractivity contribution in [2.45, 2.75) is 13.5 Å². The van der Waals surface area contributed by atoms with Gasteiger partial charge in [0.2, 0.25) is 0 Å². The van der Waals surface area contributed by atoms with E-state index in [0.29, 0.717) is 0 Å². The Bertz CT molecular complexity index is 337. The molecule has 1 aromatic carbocycles. The molecule has 0 saturated carbocycles. The van der Waals surface area contributed by atoms with Crippen molar-refractivity contribution in [3.05, 3.63) is 45.5 Å². The average Bonchev–Trinajstić information content (AvgIpc) is 2.02. The standard InChI is InChI=1S/C8H9NO3/c1-7-2-4-8(5-3-7)6-12-9(10)11/h2-5H,6H2,1H3/i6D2. The van der Waals surface area contributed by atoms with Crippen molar-refractivity contribution in [1.29, 1.82) is 0 Å². The van der Waals surface area contributed by atoms with Crippen LogP contribution in [0.2, 0.25) is 0 Å². The highest BCUT2D eigenvalue weighted by atomic mass is 16.9.